The molecule has 40 heavy (non-hydrogen) atoms. The van der Waals surface area contributed by atoms with E-state index in [1.54, 1.807) is 11.8 Å². The molecule has 3 heteroatoms. The Labute approximate surface area is 242 Å². The Bertz CT molecular complexity index is 1580. The van der Waals surface area contributed by atoms with E-state index >= 15 is 0 Å². The first-order valence-corrected chi connectivity index (χ1v) is 14.8. The second kappa shape index (κ2) is 11.9. The molecule has 0 saturated carbocycles. The summed E-state index contributed by atoms with van der Waals surface area (Å²) in [4.78, 5) is 4.75. The Morgan fingerprint density at radius 1 is 0.675 bits per heavy atom. The zero-order valence-electron chi connectivity index (χ0n) is 22.8. The van der Waals surface area contributed by atoms with Crippen molar-refractivity contribution in [3.05, 3.63) is 145 Å². The van der Waals surface area contributed by atoms with Crippen LogP contribution in [0.2, 0.25) is 0 Å². The molecule has 0 saturated heterocycles. The Balaban J connectivity index is 1.25. The van der Waals surface area contributed by atoms with E-state index in [1.165, 1.54) is 62.7 Å². The van der Waals surface area contributed by atoms with Crippen molar-refractivity contribution in [3.63, 3.8) is 0 Å². The van der Waals surface area contributed by atoms with Crippen LogP contribution in [0.25, 0.3) is 11.1 Å². The summed E-state index contributed by atoms with van der Waals surface area (Å²) in [5, 5.41) is 0. The first kappa shape index (κ1) is 26.0. The number of nitrogens with zero attached hydrogens (tertiary/aromatic N) is 1. The number of nitrogen functional groups attached to an aromatic ring is 1. The highest BCUT2D eigenvalue weighted by atomic mass is 32.2. The van der Waals surface area contributed by atoms with Gasteiger partial charge in [0.2, 0.25) is 0 Å². The number of hydrogen-bond acceptors (Lipinski definition) is 3. The lowest BCUT2D eigenvalue weighted by Crippen LogP contribution is -2.10. The fourth-order valence-electron chi connectivity index (χ4n) is 5.37. The van der Waals surface area contributed by atoms with Gasteiger partial charge in [0.25, 0.3) is 0 Å². The second-order valence-corrected chi connectivity index (χ2v) is 11.6. The predicted molar refractivity (Wildman–Crippen MR) is 172 cm³/mol. The number of anilines is 4. The first-order valence-electron chi connectivity index (χ1n) is 14.0. The number of rotatable bonds is 7. The van der Waals surface area contributed by atoms with E-state index in [0.717, 1.165) is 11.4 Å². The van der Waals surface area contributed by atoms with Crippen LogP contribution in [0.15, 0.2) is 143 Å². The van der Waals surface area contributed by atoms with Gasteiger partial charge in [0, 0.05) is 38.5 Å². The van der Waals surface area contributed by atoms with Crippen molar-refractivity contribution in [2.24, 2.45) is 0 Å². The lowest BCUT2D eigenvalue weighted by molar-refractivity contribution is 0.654. The fourth-order valence-corrected chi connectivity index (χ4v) is 6.18. The van der Waals surface area contributed by atoms with Crippen LogP contribution < -0.4 is 10.6 Å². The van der Waals surface area contributed by atoms with Gasteiger partial charge in [-0.1, -0.05) is 72.4 Å². The summed E-state index contributed by atoms with van der Waals surface area (Å²) in [5.41, 5.74) is 15.2. The van der Waals surface area contributed by atoms with Crippen molar-refractivity contribution in [1.82, 2.24) is 0 Å². The SMILES string of the molecule is Cc1cccc(N(c2ccc(-c3ccc(Sc4ccc(N)cc4)cc3)cc2)c2ccc(C3C=CCCC3)cc2)c1. The molecule has 1 aliphatic carbocycles. The van der Waals surface area contributed by atoms with E-state index in [9.17, 15) is 0 Å². The molecular weight excluding hydrogens is 504 g/mol. The predicted octanol–water partition coefficient (Wildman–Crippen LogP) is 10.7. The van der Waals surface area contributed by atoms with Crippen LogP contribution in [-0.2, 0) is 0 Å². The molecule has 1 unspecified atom stereocenters. The van der Waals surface area contributed by atoms with Gasteiger partial charge in [0.15, 0.2) is 0 Å². The first-order chi connectivity index (χ1) is 19.6. The van der Waals surface area contributed by atoms with E-state index in [-0.39, 0.29) is 0 Å². The lowest BCUT2D eigenvalue weighted by Gasteiger charge is -2.27. The lowest BCUT2D eigenvalue weighted by atomic mass is 9.89. The van der Waals surface area contributed by atoms with Gasteiger partial charge in [0.1, 0.15) is 0 Å². The maximum Gasteiger partial charge on any atom is 0.0464 e. The molecule has 5 aromatic carbocycles. The smallest absolute Gasteiger partial charge is 0.0464 e. The van der Waals surface area contributed by atoms with Crippen molar-refractivity contribution in [2.75, 3.05) is 10.6 Å². The van der Waals surface area contributed by atoms with Crippen molar-refractivity contribution in [1.29, 1.82) is 0 Å². The molecule has 2 nitrogen and oxygen atoms in total. The number of nitrogens with two attached hydrogens (primary N) is 1. The summed E-state index contributed by atoms with van der Waals surface area (Å²) in [6.07, 6.45) is 8.42. The van der Waals surface area contributed by atoms with E-state index in [1.807, 2.05) is 12.1 Å². The molecule has 0 aliphatic heterocycles. The van der Waals surface area contributed by atoms with Gasteiger partial charge in [-0.25, -0.2) is 0 Å². The van der Waals surface area contributed by atoms with Crippen LogP contribution in [0.4, 0.5) is 22.7 Å². The monoisotopic (exact) mass is 538 g/mol. The molecule has 0 fully saturated rings. The summed E-state index contributed by atoms with van der Waals surface area (Å²) in [5.74, 6) is 0.533. The molecule has 198 valence electrons. The number of allylic oxidation sites excluding steroid dienone is 2. The van der Waals surface area contributed by atoms with Gasteiger partial charge in [-0.05, 0) is 121 Å². The highest BCUT2D eigenvalue weighted by molar-refractivity contribution is 7.99. The third-order valence-electron chi connectivity index (χ3n) is 7.52. The maximum absolute atomic E-state index is 5.83. The van der Waals surface area contributed by atoms with Gasteiger partial charge < -0.3 is 10.6 Å². The van der Waals surface area contributed by atoms with E-state index < -0.39 is 0 Å². The molecule has 0 radical (unpaired) electrons. The molecule has 6 rings (SSSR count). The van der Waals surface area contributed by atoms with Gasteiger partial charge in [-0.3, -0.25) is 0 Å². The van der Waals surface area contributed by atoms with Gasteiger partial charge in [0.05, 0.1) is 0 Å². The fraction of sp³-hybridized carbons (Fsp3) is 0.135. The van der Waals surface area contributed by atoms with E-state index in [2.05, 4.69) is 133 Å². The average Bonchev–Trinajstić information content (AvgIpc) is 3.00. The molecule has 0 aromatic heterocycles. The zero-order chi connectivity index (χ0) is 27.3. The summed E-state index contributed by atoms with van der Waals surface area (Å²) < 4.78 is 0. The molecule has 5 aromatic rings. The van der Waals surface area contributed by atoms with Crippen LogP contribution in [0.5, 0.6) is 0 Å². The minimum absolute atomic E-state index is 0.533. The third-order valence-corrected chi connectivity index (χ3v) is 8.54. The van der Waals surface area contributed by atoms with Crippen molar-refractivity contribution >= 4 is 34.5 Å². The van der Waals surface area contributed by atoms with E-state index in [4.69, 9.17) is 5.73 Å². The Morgan fingerprint density at radius 2 is 1.27 bits per heavy atom. The topological polar surface area (TPSA) is 29.3 Å². The summed E-state index contributed by atoms with van der Waals surface area (Å²) in [7, 11) is 0. The quantitative estimate of drug-likeness (QED) is 0.165. The molecule has 0 bridgehead atoms. The Morgan fingerprint density at radius 3 is 1.88 bits per heavy atom. The summed E-state index contributed by atoms with van der Waals surface area (Å²) in [6, 6.07) is 43.6. The van der Waals surface area contributed by atoms with Crippen LogP contribution in [0.1, 0.15) is 36.3 Å². The third kappa shape index (κ3) is 6.00. The molecule has 2 N–H and O–H groups in total. The largest absolute Gasteiger partial charge is 0.399 e. The standard InChI is InChI=1S/C37H34N2S/c1-27-6-5-9-35(26-27)39(33-18-10-29(11-19-33)28-7-3-2-4-8-28)34-20-12-30(13-21-34)31-14-22-36(23-15-31)40-37-24-16-32(38)17-25-37/h3,5-7,9-26,28H,2,4,8,38H2,1H3. The summed E-state index contributed by atoms with van der Waals surface area (Å²) >= 11 is 1.75. The highest BCUT2D eigenvalue weighted by Crippen LogP contribution is 2.38. The van der Waals surface area contributed by atoms with Crippen molar-refractivity contribution < 1.29 is 0 Å². The van der Waals surface area contributed by atoms with Crippen LogP contribution in [0, 0.1) is 6.92 Å². The van der Waals surface area contributed by atoms with Crippen LogP contribution in [0.3, 0.4) is 0 Å². The molecule has 1 atom stereocenters. The average molecular weight is 539 g/mol. The Hall–Kier alpha value is -4.21. The number of aryl methyl sites for hydroxylation is 1. The molecule has 0 amide bonds. The highest BCUT2D eigenvalue weighted by Gasteiger charge is 2.15. The molecular formula is C37H34N2S. The second-order valence-electron chi connectivity index (χ2n) is 10.5. The van der Waals surface area contributed by atoms with Gasteiger partial charge in [-0.2, -0.15) is 0 Å². The molecule has 0 spiro atoms. The van der Waals surface area contributed by atoms with Gasteiger partial charge in [-0.15, -0.1) is 0 Å². The Kier molecular flexibility index (Phi) is 7.74. The normalized spacial score (nSPS) is 14.7. The summed E-state index contributed by atoms with van der Waals surface area (Å²) in [6.45, 7) is 2.15. The van der Waals surface area contributed by atoms with Gasteiger partial charge >= 0.3 is 0 Å². The molecule has 0 heterocycles. The maximum atomic E-state index is 5.83. The minimum atomic E-state index is 0.533. The zero-order valence-corrected chi connectivity index (χ0v) is 23.6. The number of benzene rings is 5. The van der Waals surface area contributed by atoms with E-state index in [0.29, 0.717) is 5.92 Å². The van der Waals surface area contributed by atoms with Crippen LogP contribution >= 0.6 is 11.8 Å². The minimum Gasteiger partial charge on any atom is -0.399 e. The van der Waals surface area contributed by atoms with Crippen molar-refractivity contribution in [2.45, 2.75) is 41.9 Å². The van der Waals surface area contributed by atoms with Crippen LogP contribution in [-0.4, -0.2) is 0 Å². The molecule has 1 aliphatic rings. The number of hydrogen-bond donors (Lipinski definition) is 1. The van der Waals surface area contributed by atoms with Crippen molar-refractivity contribution in [3.8, 4) is 11.1 Å².